The van der Waals surface area contributed by atoms with Crippen molar-refractivity contribution in [3.8, 4) is 0 Å². The number of aryl methyl sites for hydroxylation is 1. The highest BCUT2D eigenvalue weighted by Crippen LogP contribution is 2.23. The zero-order valence-corrected chi connectivity index (χ0v) is 16.1. The van der Waals surface area contributed by atoms with E-state index in [0.29, 0.717) is 12.2 Å². The maximum absolute atomic E-state index is 13.1. The largest absolute Gasteiger partial charge is 0.355 e. The topological polar surface area (TPSA) is 66.5 Å². The van der Waals surface area contributed by atoms with Crippen LogP contribution >= 0.6 is 0 Å². The van der Waals surface area contributed by atoms with Crippen molar-refractivity contribution in [1.29, 1.82) is 0 Å². The standard InChI is InChI=1S/C20H26N2O3S/c1-3-4-8-15-21-20(23)16-22(18-13-11-17(2)12-14-18)26(24,25)19-9-6-5-7-10-19/h5-7,9-14H,3-4,8,15-16H2,1-2H3,(H,21,23). The molecule has 2 aromatic rings. The van der Waals surface area contributed by atoms with Gasteiger partial charge < -0.3 is 5.32 Å². The molecule has 1 amide bonds. The fourth-order valence-electron chi connectivity index (χ4n) is 2.53. The minimum atomic E-state index is -3.82. The number of sulfonamides is 1. The molecule has 0 radical (unpaired) electrons. The van der Waals surface area contributed by atoms with E-state index in [0.717, 1.165) is 29.1 Å². The molecule has 140 valence electrons. The molecule has 2 rings (SSSR count). The molecule has 0 unspecified atom stereocenters. The molecule has 0 aromatic heterocycles. The number of amides is 1. The van der Waals surface area contributed by atoms with Crippen LogP contribution in [-0.2, 0) is 14.8 Å². The summed E-state index contributed by atoms with van der Waals surface area (Å²) in [5.74, 6) is -0.304. The predicted molar refractivity (Wildman–Crippen MR) is 105 cm³/mol. The number of carbonyl (C=O) groups is 1. The summed E-state index contributed by atoms with van der Waals surface area (Å²) in [5, 5.41) is 2.81. The Bertz CT molecular complexity index is 803. The number of anilines is 1. The van der Waals surface area contributed by atoms with Crippen molar-refractivity contribution >= 4 is 21.6 Å². The number of carbonyl (C=O) groups excluding carboxylic acids is 1. The molecule has 0 aliphatic rings. The van der Waals surface area contributed by atoms with E-state index in [2.05, 4.69) is 12.2 Å². The van der Waals surface area contributed by atoms with Gasteiger partial charge in [0.1, 0.15) is 6.54 Å². The molecule has 0 heterocycles. The second-order valence-electron chi connectivity index (χ2n) is 6.22. The van der Waals surface area contributed by atoms with Crippen LogP contribution in [0.2, 0.25) is 0 Å². The summed E-state index contributed by atoms with van der Waals surface area (Å²) in [5.41, 5.74) is 1.50. The zero-order valence-electron chi connectivity index (χ0n) is 15.3. The van der Waals surface area contributed by atoms with E-state index < -0.39 is 10.0 Å². The van der Waals surface area contributed by atoms with E-state index in [1.807, 2.05) is 19.1 Å². The molecule has 6 heteroatoms. The van der Waals surface area contributed by atoms with Crippen molar-refractivity contribution in [1.82, 2.24) is 5.32 Å². The third kappa shape index (κ3) is 5.33. The Morgan fingerprint density at radius 3 is 2.27 bits per heavy atom. The summed E-state index contributed by atoms with van der Waals surface area (Å²) < 4.78 is 27.3. The summed E-state index contributed by atoms with van der Waals surface area (Å²) >= 11 is 0. The minimum absolute atomic E-state index is 0.166. The van der Waals surface area contributed by atoms with Crippen molar-refractivity contribution < 1.29 is 13.2 Å². The Balaban J connectivity index is 2.25. The maximum atomic E-state index is 13.1. The highest BCUT2D eigenvalue weighted by Gasteiger charge is 2.26. The Morgan fingerprint density at radius 2 is 1.65 bits per heavy atom. The lowest BCUT2D eigenvalue weighted by Crippen LogP contribution is -2.41. The van der Waals surface area contributed by atoms with Crippen LogP contribution in [0.15, 0.2) is 59.5 Å². The summed E-state index contributed by atoms with van der Waals surface area (Å²) in [6.45, 7) is 4.33. The molecular formula is C20H26N2O3S. The van der Waals surface area contributed by atoms with Crippen LogP contribution in [0, 0.1) is 6.92 Å². The Hall–Kier alpha value is -2.34. The Morgan fingerprint density at radius 1 is 1.00 bits per heavy atom. The summed E-state index contributed by atoms with van der Waals surface area (Å²) in [6.07, 6.45) is 2.98. The average molecular weight is 375 g/mol. The fourth-order valence-corrected chi connectivity index (χ4v) is 3.98. The van der Waals surface area contributed by atoms with E-state index in [4.69, 9.17) is 0 Å². The third-order valence-corrected chi connectivity index (χ3v) is 5.83. The Kier molecular flexibility index (Phi) is 7.21. The molecule has 1 N–H and O–H groups in total. The molecule has 0 atom stereocenters. The zero-order chi connectivity index (χ0) is 19.0. The van der Waals surface area contributed by atoms with Crippen LogP contribution in [0.3, 0.4) is 0 Å². The van der Waals surface area contributed by atoms with Gasteiger partial charge in [-0.3, -0.25) is 9.10 Å². The summed E-state index contributed by atoms with van der Waals surface area (Å²) in [7, 11) is -3.82. The first-order chi connectivity index (χ1) is 12.4. The van der Waals surface area contributed by atoms with Gasteiger partial charge in [0.05, 0.1) is 10.6 Å². The quantitative estimate of drug-likeness (QED) is 0.683. The van der Waals surface area contributed by atoms with Gasteiger partial charge in [0.2, 0.25) is 5.91 Å². The normalized spacial score (nSPS) is 11.2. The number of nitrogens with zero attached hydrogens (tertiary/aromatic N) is 1. The lowest BCUT2D eigenvalue weighted by atomic mass is 10.2. The number of rotatable bonds is 9. The van der Waals surface area contributed by atoms with Gasteiger partial charge in [0.25, 0.3) is 10.0 Å². The monoisotopic (exact) mass is 374 g/mol. The molecular weight excluding hydrogens is 348 g/mol. The number of benzene rings is 2. The molecule has 5 nitrogen and oxygen atoms in total. The number of hydrogen-bond acceptors (Lipinski definition) is 3. The van der Waals surface area contributed by atoms with Crippen LogP contribution in [0.4, 0.5) is 5.69 Å². The van der Waals surface area contributed by atoms with Crippen molar-refractivity contribution in [3.05, 3.63) is 60.2 Å². The summed E-state index contributed by atoms with van der Waals surface area (Å²) in [6, 6.07) is 15.3. The predicted octanol–water partition coefficient (Wildman–Crippen LogP) is 3.50. The van der Waals surface area contributed by atoms with Crippen LogP contribution in [0.1, 0.15) is 31.7 Å². The first kappa shape index (κ1) is 20.0. The van der Waals surface area contributed by atoms with Gasteiger partial charge in [-0.05, 0) is 37.6 Å². The van der Waals surface area contributed by atoms with Crippen molar-refractivity contribution in [3.63, 3.8) is 0 Å². The molecule has 0 saturated heterocycles. The van der Waals surface area contributed by atoms with E-state index in [1.54, 1.807) is 30.3 Å². The second kappa shape index (κ2) is 9.38. The highest BCUT2D eigenvalue weighted by molar-refractivity contribution is 7.92. The van der Waals surface area contributed by atoms with E-state index in [-0.39, 0.29) is 17.3 Å². The van der Waals surface area contributed by atoms with E-state index in [1.165, 1.54) is 12.1 Å². The van der Waals surface area contributed by atoms with Crippen LogP contribution in [-0.4, -0.2) is 27.4 Å². The first-order valence-electron chi connectivity index (χ1n) is 8.86. The van der Waals surface area contributed by atoms with Crippen LogP contribution in [0.25, 0.3) is 0 Å². The van der Waals surface area contributed by atoms with Crippen LogP contribution in [0.5, 0.6) is 0 Å². The molecule has 0 fully saturated rings. The van der Waals surface area contributed by atoms with Gasteiger partial charge >= 0.3 is 0 Å². The molecule has 26 heavy (non-hydrogen) atoms. The summed E-state index contributed by atoms with van der Waals surface area (Å²) in [4.78, 5) is 12.5. The molecule has 0 bridgehead atoms. The van der Waals surface area contributed by atoms with Gasteiger partial charge in [-0.1, -0.05) is 55.7 Å². The lowest BCUT2D eigenvalue weighted by molar-refractivity contribution is -0.119. The van der Waals surface area contributed by atoms with Crippen molar-refractivity contribution in [2.75, 3.05) is 17.4 Å². The van der Waals surface area contributed by atoms with Gasteiger partial charge in [-0.25, -0.2) is 8.42 Å². The third-order valence-electron chi connectivity index (χ3n) is 4.04. The van der Waals surface area contributed by atoms with Crippen molar-refractivity contribution in [2.24, 2.45) is 0 Å². The van der Waals surface area contributed by atoms with Gasteiger partial charge in [-0.2, -0.15) is 0 Å². The Labute approximate surface area is 156 Å². The number of nitrogens with one attached hydrogen (secondary N) is 1. The van der Waals surface area contributed by atoms with Crippen LogP contribution < -0.4 is 9.62 Å². The number of unbranched alkanes of at least 4 members (excludes halogenated alkanes) is 2. The van der Waals surface area contributed by atoms with Gasteiger partial charge in [0.15, 0.2) is 0 Å². The first-order valence-corrected chi connectivity index (χ1v) is 10.3. The fraction of sp³-hybridized carbons (Fsp3) is 0.350. The second-order valence-corrected chi connectivity index (χ2v) is 8.08. The van der Waals surface area contributed by atoms with Gasteiger partial charge in [0, 0.05) is 6.54 Å². The van der Waals surface area contributed by atoms with E-state index >= 15 is 0 Å². The highest BCUT2D eigenvalue weighted by atomic mass is 32.2. The maximum Gasteiger partial charge on any atom is 0.264 e. The molecule has 0 spiro atoms. The average Bonchev–Trinajstić information content (AvgIpc) is 2.65. The van der Waals surface area contributed by atoms with E-state index in [9.17, 15) is 13.2 Å². The van der Waals surface area contributed by atoms with Crippen molar-refractivity contribution in [2.45, 2.75) is 38.0 Å². The molecule has 0 aliphatic heterocycles. The minimum Gasteiger partial charge on any atom is -0.355 e. The number of hydrogen-bond donors (Lipinski definition) is 1. The molecule has 2 aromatic carbocycles. The molecule has 0 saturated carbocycles. The van der Waals surface area contributed by atoms with Gasteiger partial charge in [-0.15, -0.1) is 0 Å². The smallest absolute Gasteiger partial charge is 0.264 e. The SMILES string of the molecule is CCCCCNC(=O)CN(c1ccc(C)cc1)S(=O)(=O)c1ccccc1. The lowest BCUT2D eigenvalue weighted by Gasteiger charge is -2.24. The molecule has 0 aliphatic carbocycles.